The number of nitrogens with zero attached hydrogens (tertiary/aromatic N) is 1. The van der Waals surface area contributed by atoms with Crippen molar-refractivity contribution >= 4 is 22.7 Å². The molecule has 1 aliphatic heterocycles. The molecule has 0 unspecified atom stereocenters. The molecule has 3 N–H and O–H groups in total. The fourth-order valence-corrected chi connectivity index (χ4v) is 3.83. The van der Waals surface area contributed by atoms with Crippen LogP contribution in [-0.2, 0) is 6.54 Å². The lowest BCUT2D eigenvalue weighted by molar-refractivity contribution is 0.414. The molecule has 0 spiro atoms. The van der Waals surface area contributed by atoms with E-state index >= 15 is 0 Å². The van der Waals surface area contributed by atoms with Crippen molar-refractivity contribution in [3.8, 4) is 17.0 Å². The molecule has 0 aliphatic carbocycles. The lowest BCUT2D eigenvalue weighted by Gasteiger charge is -2.18. The smallest absolute Gasteiger partial charge is 0.119 e. The van der Waals surface area contributed by atoms with Crippen LogP contribution >= 0.6 is 11.8 Å². The molecule has 100 valence electrons. The summed E-state index contributed by atoms with van der Waals surface area (Å²) in [4.78, 5) is 2.40. The van der Waals surface area contributed by atoms with E-state index in [-0.39, 0.29) is 0 Å². The molecule has 0 amide bonds. The number of benzene rings is 2. The Bertz CT molecular complexity index is 825. The molecule has 5 heteroatoms. The van der Waals surface area contributed by atoms with Gasteiger partial charge in [-0.2, -0.15) is 5.10 Å². The summed E-state index contributed by atoms with van der Waals surface area (Å²) >= 11 is 1.75. The van der Waals surface area contributed by atoms with Crippen LogP contribution in [0.1, 0.15) is 5.56 Å². The van der Waals surface area contributed by atoms with Crippen molar-refractivity contribution in [2.45, 2.75) is 16.3 Å². The maximum Gasteiger partial charge on any atom is 0.119 e. The van der Waals surface area contributed by atoms with Crippen molar-refractivity contribution in [1.82, 2.24) is 10.2 Å². The summed E-state index contributed by atoms with van der Waals surface area (Å²) in [6.45, 7) is 0.536. The summed E-state index contributed by atoms with van der Waals surface area (Å²) in [6.07, 6.45) is 0. The highest BCUT2D eigenvalue weighted by molar-refractivity contribution is 7.99. The average molecular weight is 283 g/mol. The molecule has 4 rings (SSSR count). The number of H-pyrrole nitrogens is 1. The van der Waals surface area contributed by atoms with Crippen LogP contribution in [0.5, 0.6) is 5.75 Å². The van der Waals surface area contributed by atoms with Crippen molar-refractivity contribution in [2.24, 2.45) is 5.73 Å². The molecule has 1 aromatic heterocycles. The van der Waals surface area contributed by atoms with Gasteiger partial charge in [-0.1, -0.05) is 17.8 Å². The third-order valence-corrected chi connectivity index (χ3v) is 4.88. The van der Waals surface area contributed by atoms with Gasteiger partial charge in [-0.05, 0) is 29.8 Å². The number of nitrogens with two attached hydrogens (primary N) is 1. The van der Waals surface area contributed by atoms with Gasteiger partial charge in [0.15, 0.2) is 0 Å². The zero-order valence-electron chi connectivity index (χ0n) is 10.9. The second-order valence-corrected chi connectivity index (χ2v) is 5.77. The molecule has 3 aromatic rings. The Morgan fingerprint density at radius 1 is 1.30 bits per heavy atom. The highest BCUT2D eigenvalue weighted by Crippen LogP contribution is 2.49. The molecule has 4 nitrogen and oxygen atoms in total. The van der Waals surface area contributed by atoms with Crippen LogP contribution in [-0.4, -0.2) is 17.3 Å². The number of aromatic nitrogens is 2. The van der Waals surface area contributed by atoms with Crippen LogP contribution in [0.4, 0.5) is 0 Å². The normalized spacial score (nSPS) is 12.5. The van der Waals surface area contributed by atoms with E-state index in [2.05, 4.69) is 22.3 Å². The Labute approximate surface area is 120 Å². The number of aromatic amines is 1. The summed E-state index contributed by atoms with van der Waals surface area (Å²) in [6, 6.07) is 10.2. The summed E-state index contributed by atoms with van der Waals surface area (Å²) in [5.74, 6) is 0.846. The third-order valence-electron chi connectivity index (χ3n) is 3.64. The molecule has 0 atom stereocenters. The van der Waals surface area contributed by atoms with E-state index in [1.165, 1.54) is 15.2 Å². The second kappa shape index (κ2) is 4.26. The van der Waals surface area contributed by atoms with Gasteiger partial charge in [0.2, 0.25) is 0 Å². The standard InChI is InChI=1S/C15H13N3OS/c1-19-9-3-5-12-10(6-9)14-13-11(17-18-14)4-2-8(7-16)15(13)20-12/h2-6H,7,16H2,1H3,(H,17,18). The SMILES string of the molecule is COc1ccc2c(c1)-c1n[nH]c3ccc(CN)c(c13)S2. The van der Waals surface area contributed by atoms with Crippen LogP contribution in [0.25, 0.3) is 22.2 Å². The summed E-state index contributed by atoms with van der Waals surface area (Å²) < 4.78 is 5.32. The molecular formula is C15H13N3OS. The maximum absolute atomic E-state index is 5.86. The van der Waals surface area contributed by atoms with Gasteiger partial charge in [0.1, 0.15) is 11.4 Å². The van der Waals surface area contributed by atoms with Gasteiger partial charge in [-0.3, -0.25) is 5.10 Å². The van der Waals surface area contributed by atoms with Crippen molar-refractivity contribution in [1.29, 1.82) is 0 Å². The van der Waals surface area contributed by atoms with Gasteiger partial charge >= 0.3 is 0 Å². The zero-order valence-corrected chi connectivity index (χ0v) is 11.8. The fraction of sp³-hybridized carbons (Fsp3) is 0.133. The van der Waals surface area contributed by atoms with E-state index in [1.54, 1.807) is 18.9 Å². The largest absolute Gasteiger partial charge is 0.497 e. The van der Waals surface area contributed by atoms with Gasteiger partial charge in [0.05, 0.1) is 12.6 Å². The Morgan fingerprint density at radius 3 is 3.00 bits per heavy atom. The van der Waals surface area contributed by atoms with Crippen molar-refractivity contribution in [3.63, 3.8) is 0 Å². The molecular weight excluding hydrogens is 270 g/mol. The van der Waals surface area contributed by atoms with Crippen LogP contribution in [0.3, 0.4) is 0 Å². The average Bonchev–Trinajstić information content (AvgIpc) is 2.93. The molecule has 20 heavy (non-hydrogen) atoms. The van der Waals surface area contributed by atoms with Crippen molar-refractivity contribution in [3.05, 3.63) is 35.9 Å². The molecule has 0 fully saturated rings. The minimum atomic E-state index is 0.536. The Balaban J connectivity index is 2.07. The Hall–Kier alpha value is -1.98. The lowest BCUT2D eigenvalue weighted by Crippen LogP contribution is -2.01. The third kappa shape index (κ3) is 1.50. The fourth-order valence-electron chi connectivity index (χ4n) is 2.62. The molecule has 0 radical (unpaired) electrons. The van der Waals surface area contributed by atoms with E-state index < -0.39 is 0 Å². The topological polar surface area (TPSA) is 63.9 Å². The summed E-state index contributed by atoms with van der Waals surface area (Å²) in [5, 5.41) is 8.75. The number of ether oxygens (including phenoxy) is 1. The molecule has 0 saturated carbocycles. The van der Waals surface area contributed by atoms with Crippen LogP contribution in [0.15, 0.2) is 40.1 Å². The van der Waals surface area contributed by atoms with E-state index in [1.807, 2.05) is 18.2 Å². The van der Waals surface area contributed by atoms with E-state index in [0.717, 1.165) is 28.1 Å². The van der Waals surface area contributed by atoms with E-state index in [0.29, 0.717) is 6.54 Å². The van der Waals surface area contributed by atoms with E-state index in [4.69, 9.17) is 10.5 Å². The second-order valence-electron chi connectivity index (χ2n) is 4.72. The highest BCUT2D eigenvalue weighted by atomic mass is 32.2. The Morgan fingerprint density at radius 2 is 2.20 bits per heavy atom. The minimum absolute atomic E-state index is 0.536. The van der Waals surface area contributed by atoms with Gasteiger partial charge < -0.3 is 10.5 Å². The highest BCUT2D eigenvalue weighted by Gasteiger charge is 2.24. The first kappa shape index (κ1) is 11.8. The maximum atomic E-state index is 5.86. The van der Waals surface area contributed by atoms with Crippen LogP contribution in [0.2, 0.25) is 0 Å². The number of fused-ring (bicyclic) bond motifs is 2. The molecule has 0 bridgehead atoms. The summed E-state index contributed by atoms with van der Waals surface area (Å²) in [7, 11) is 1.68. The zero-order chi connectivity index (χ0) is 13.7. The quantitative estimate of drug-likeness (QED) is 0.593. The van der Waals surface area contributed by atoms with Crippen molar-refractivity contribution in [2.75, 3.05) is 7.11 Å². The van der Waals surface area contributed by atoms with Gasteiger partial charge in [0, 0.05) is 27.3 Å². The van der Waals surface area contributed by atoms with E-state index in [9.17, 15) is 0 Å². The molecule has 0 saturated heterocycles. The first-order valence-electron chi connectivity index (χ1n) is 6.38. The summed E-state index contributed by atoms with van der Waals surface area (Å²) in [5.41, 5.74) is 10.2. The van der Waals surface area contributed by atoms with Crippen LogP contribution in [0, 0.1) is 0 Å². The number of methoxy groups -OCH3 is 1. The molecule has 2 heterocycles. The monoisotopic (exact) mass is 283 g/mol. The number of nitrogens with one attached hydrogen (secondary N) is 1. The molecule has 1 aliphatic rings. The predicted molar refractivity (Wildman–Crippen MR) is 80.1 cm³/mol. The lowest BCUT2D eigenvalue weighted by atomic mass is 10.0. The molecule has 2 aromatic carbocycles. The number of hydrogen-bond donors (Lipinski definition) is 2. The Kier molecular flexibility index (Phi) is 2.52. The first-order chi connectivity index (χ1) is 9.81. The van der Waals surface area contributed by atoms with Gasteiger partial charge in [0.25, 0.3) is 0 Å². The van der Waals surface area contributed by atoms with Gasteiger partial charge in [-0.15, -0.1) is 0 Å². The predicted octanol–water partition coefficient (Wildman–Crippen LogP) is 3.16. The van der Waals surface area contributed by atoms with Crippen molar-refractivity contribution < 1.29 is 4.74 Å². The van der Waals surface area contributed by atoms with Gasteiger partial charge in [-0.25, -0.2) is 0 Å². The number of hydrogen-bond acceptors (Lipinski definition) is 4. The minimum Gasteiger partial charge on any atom is -0.497 e. The van der Waals surface area contributed by atoms with Crippen LogP contribution < -0.4 is 10.5 Å². The number of rotatable bonds is 2. The first-order valence-corrected chi connectivity index (χ1v) is 7.19.